The molecular formula is C10H8INO4. The minimum Gasteiger partial charge on any atom is -0.478 e. The van der Waals surface area contributed by atoms with Crippen molar-refractivity contribution >= 4 is 40.2 Å². The standard InChI is InChI=1S/C10H8INO4/c11-6-2-1-3-7(4-6)12-8(10(15)16)5-9(13)14/h1-5,12H,(H,13,14)(H,15,16)/b8-5-. The molecule has 0 amide bonds. The highest BCUT2D eigenvalue weighted by atomic mass is 127. The largest absolute Gasteiger partial charge is 0.478 e. The first-order valence-corrected chi connectivity index (χ1v) is 5.27. The SMILES string of the molecule is O=C(O)/C=C(\Nc1cccc(I)c1)C(=O)O. The fourth-order valence-corrected chi connectivity index (χ4v) is 1.54. The van der Waals surface area contributed by atoms with Crippen molar-refractivity contribution in [3.63, 3.8) is 0 Å². The van der Waals surface area contributed by atoms with Crippen LogP contribution in [0.1, 0.15) is 0 Å². The molecule has 5 nitrogen and oxygen atoms in total. The van der Waals surface area contributed by atoms with Crippen LogP contribution in [0.25, 0.3) is 0 Å². The number of carboxylic acid groups (broad SMARTS) is 2. The van der Waals surface area contributed by atoms with E-state index in [0.29, 0.717) is 11.8 Å². The second-order valence-corrected chi connectivity index (χ2v) is 4.08. The number of hydrogen-bond donors (Lipinski definition) is 3. The van der Waals surface area contributed by atoms with Crippen LogP contribution in [-0.2, 0) is 9.59 Å². The van der Waals surface area contributed by atoms with Gasteiger partial charge in [-0.15, -0.1) is 0 Å². The van der Waals surface area contributed by atoms with Crippen LogP contribution in [0.5, 0.6) is 0 Å². The Bertz CT molecular complexity index is 456. The summed E-state index contributed by atoms with van der Waals surface area (Å²) in [7, 11) is 0. The van der Waals surface area contributed by atoms with Gasteiger partial charge in [-0.3, -0.25) is 0 Å². The molecule has 0 unspecified atom stereocenters. The van der Waals surface area contributed by atoms with Crippen LogP contribution in [0.4, 0.5) is 5.69 Å². The van der Waals surface area contributed by atoms with E-state index >= 15 is 0 Å². The van der Waals surface area contributed by atoms with E-state index in [-0.39, 0.29) is 5.70 Å². The van der Waals surface area contributed by atoms with Crippen molar-refractivity contribution in [1.82, 2.24) is 0 Å². The number of carboxylic acids is 2. The van der Waals surface area contributed by atoms with Crippen LogP contribution in [-0.4, -0.2) is 22.2 Å². The minimum atomic E-state index is -1.32. The molecule has 0 aliphatic carbocycles. The molecule has 0 aliphatic rings. The van der Waals surface area contributed by atoms with Crippen LogP contribution in [0, 0.1) is 3.57 Å². The third-order valence-corrected chi connectivity index (χ3v) is 2.27. The smallest absolute Gasteiger partial charge is 0.352 e. The van der Waals surface area contributed by atoms with E-state index in [1.54, 1.807) is 18.2 Å². The number of benzene rings is 1. The van der Waals surface area contributed by atoms with E-state index < -0.39 is 11.9 Å². The van der Waals surface area contributed by atoms with Gasteiger partial charge in [-0.05, 0) is 40.8 Å². The lowest BCUT2D eigenvalue weighted by Crippen LogP contribution is -2.12. The van der Waals surface area contributed by atoms with Gasteiger partial charge in [0.2, 0.25) is 0 Å². The van der Waals surface area contributed by atoms with Gasteiger partial charge in [0.1, 0.15) is 5.70 Å². The molecule has 0 aliphatic heterocycles. The first-order valence-electron chi connectivity index (χ1n) is 4.19. The first kappa shape index (κ1) is 12.5. The molecule has 1 aromatic carbocycles. The Balaban J connectivity index is 2.93. The molecule has 16 heavy (non-hydrogen) atoms. The molecule has 0 atom stereocenters. The Morgan fingerprint density at radius 2 is 2.00 bits per heavy atom. The zero-order valence-corrected chi connectivity index (χ0v) is 10.1. The highest BCUT2D eigenvalue weighted by Crippen LogP contribution is 2.14. The number of anilines is 1. The quantitative estimate of drug-likeness (QED) is 0.577. The van der Waals surface area contributed by atoms with E-state index in [9.17, 15) is 9.59 Å². The maximum absolute atomic E-state index is 10.7. The van der Waals surface area contributed by atoms with Gasteiger partial charge in [-0.2, -0.15) is 0 Å². The molecule has 0 fully saturated rings. The van der Waals surface area contributed by atoms with Crippen LogP contribution < -0.4 is 5.32 Å². The Hall–Kier alpha value is -1.57. The highest BCUT2D eigenvalue weighted by Gasteiger charge is 2.09. The van der Waals surface area contributed by atoms with Crippen molar-refractivity contribution in [3.8, 4) is 0 Å². The number of aliphatic carboxylic acids is 2. The summed E-state index contributed by atoms with van der Waals surface area (Å²) in [5, 5.41) is 19.8. The molecule has 0 aromatic heterocycles. The second-order valence-electron chi connectivity index (χ2n) is 2.84. The van der Waals surface area contributed by atoms with Gasteiger partial charge in [0.05, 0.1) is 6.08 Å². The molecular weight excluding hydrogens is 325 g/mol. The van der Waals surface area contributed by atoms with Gasteiger partial charge in [0.15, 0.2) is 0 Å². The number of nitrogens with one attached hydrogen (secondary N) is 1. The van der Waals surface area contributed by atoms with Crippen LogP contribution in [0.2, 0.25) is 0 Å². The number of hydrogen-bond acceptors (Lipinski definition) is 3. The summed E-state index contributed by atoms with van der Waals surface area (Å²) < 4.78 is 0.919. The fraction of sp³-hybridized carbons (Fsp3) is 0. The summed E-state index contributed by atoms with van der Waals surface area (Å²) in [5.74, 6) is -2.63. The number of halogens is 1. The Morgan fingerprint density at radius 1 is 1.31 bits per heavy atom. The van der Waals surface area contributed by atoms with Gasteiger partial charge in [0, 0.05) is 9.26 Å². The third-order valence-electron chi connectivity index (χ3n) is 1.60. The van der Waals surface area contributed by atoms with E-state index in [4.69, 9.17) is 10.2 Å². The maximum atomic E-state index is 10.7. The molecule has 1 rings (SSSR count). The lowest BCUT2D eigenvalue weighted by molar-refractivity contribution is -0.134. The third kappa shape index (κ3) is 3.89. The van der Waals surface area contributed by atoms with Crippen molar-refractivity contribution in [2.75, 3.05) is 5.32 Å². The number of carbonyl (C=O) groups is 2. The maximum Gasteiger partial charge on any atom is 0.352 e. The Labute approximate surface area is 105 Å². The van der Waals surface area contributed by atoms with Crippen molar-refractivity contribution in [1.29, 1.82) is 0 Å². The second kappa shape index (κ2) is 5.50. The van der Waals surface area contributed by atoms with Crippen LogP contribution in [0.15, 0.2) is 36.0 Å². The first-order chi connectivity index (χ1) is 7.49. The lowest BCUT2D eigenvalue weighted by atomic mass is 10.3. The van der Waals surface area contributed by atoms with Gasteiger partial charge >= 0.3 is 11.9 Å². The summed E-state index contributed by atoms with van der Waals surface area (Å²) in [4.78, 5) is 21.1. The molecule has 3 N–H and O–H groups in total. The van der Waals surface area contributed by atoms with Gasteiger partial charge < -0.3 is 15.5 Å². The summed E-state index contributed by atoms with van der Waals surface area (Å²) >= 11 is 2.07. The van der Waals surface area contributed by atoms with Gasteiger partial charge in [-0.1, -0.05) is 6.07 Å². The zero-order chi connectivity index (χ0) is 12.1. The summed E-state index contributed by atoms with van der Waals surface area (Å²) in [6.45, 7) is 0. The van der Waals surface area contributed by atoms with E-state index in [0.717, 1.165) is 3.57 Å². The molecule has 0 saturated heterocycles. The van der Waals surface area contributed by atoms with Crippen molar-refractivity contribution in [2.24, 2.45) is 0 Å². The molecule has 0 spiro atoms. The Kier molecular flexibility index (Phi) is 4.29. The molecule has 0 heterocycles. The van der Waals surface area contributed by atoms with E-state index in [2.05, 4.69) is 27.9 Å². The van der Waals surface area contributed by atoms with Crippen molar-refractivity contribution < 1.29 is 19.8 Å². The Morgan fingerprint density at radius 3 is 2.50 bits per heavy atom. The summed E-state index contributed by atoms with van der Waals surface area (Å²) in [6.07, 6.45) is 0.613. The monoisotopic (exact) mass is 333 g/mol. The van der Waals surface area contributed by atoms with Crippen molar-refractivity contribution in [3.05, 3.63) is 39.6 Å². The normalized spacial score (nSPS) is 10.9. The molecule has 0 bridgehead atoms. The van der Waals surface area contributed by atoms with Crippen molar-refractivity contribution in [2.45, 2.75) is 0 Å². The molecule has 0 saturated carbocycles. The van der Waals surface area contributed by atoms with E-state index in [1.165, 1.54) is 0 Å². The van der Waals surface area contributed by atoms with Crippen LogP contribution >= 0.6 is 22.6 Å². The summed E-state index contributed by atoms with van der Waals surface area (Å²) in [5.41, 5.74) is 0.149. The average Bonchev–Trinajstić information content (AvgIpc) is 2.15. The lowest BCUT2D eigenvalue weighted by Gasteiger charge is -2.06. The van der Waals surface area contributed by atoms with Crippen LogP contribution in [0.3, 0.4) is 0 Å². The fourth-order valence-electron chi connectivity index (χ4n) is 0.997. The van der Waals surface area contributed by atoms with Gasteiger partial charge in [-0.25, -0.2) is 9.59 Å². The zero-order valence-electron chi connectivity index (χ0n) is 7.98. The molecule has 6 heteroatoms. The molecule has 84 valence electrons. The average molecular weight is 333 g/mol. The highest BCUT2D eigenvalue weighted by molar-refractivity contribution is 14.1. The van der Waals surface area contributed by atoms with Gasteiger partial charge in [0.25, 0.3) is 0 Å². The molecule has 1 aromatic rings. The number of rotatable bonds is 4. The predicted octanol–water partition coefficient (Wildman–Crippen LogP) is 1.76. The summed E-state index contributed by atoms with van der Waals surface area (Å²) in [6, 6.07) is 6.94. The molecule has 0 radical (unpaired) electrons. The predicted molar refractivity (Wildman–Crippen MR) is 66.1 cm³/mol. The topological polar surface area (TPSA) is 86.6 Å². The minimum absolute atomic E-state index is 0.380. The van der Waals surface area contributed by atoms with E-state index in [1.807, 2.05) is 6.07 Å².